The Morgan fingerprint density at radius 2 is 1.89 bits per heavy atom. The molecule has 3 N–H and O–H groups in total. The van der Waals surface area contributed by atoms with E-state index in [0.717, 1.165) is 0 Å². The third-order valence-electron chi connectivity index (χ3n) is 4.07. The van der Waals surface area contributed by atoms with E-state index < -0.39 is 10.0 Å². The number of carbonyl (C=O) groups excluding carboxylic acids is 1. The molecular formula is C18H24ClN3O4S. The van der Waals surface area contributed by atoms with Crippen LogP contribution in [-0.2, 0) is 10.0 Å². The van der Waals surface area contributed by atoms with Crippen LogP contribution in [0.1, 0.15) is 17.3 Å². The Morgan fingerprint density at radius 3 is 2.52 bits per heavy atom. The minimum Gasteiger partial charge on any atom is -0.495 e. The van der Waals surface area contributed by atoms with Crippen molar-refractivity contribution in [2.75, 3.05) is 25.4 Å². The molecule has 2 aromatic rings. The van der Waals surface area contributed by atoms with Gasteiger partial charge in [-0.1, -0.05) is 18.2 Å². The monoisotopic (exact) mass is 413 g/mol. The molecule has 0 heterocycles. The summed E-state index contributed by atoms with van der Waals surface area (Å²) in [4.78, 5) is 14.0. The van der Waals surface area contributed by atoms with Crippen molar-refractivity contribution in [3.63, 3.8) is 0 Å². The van der Waals surface area contributed by atoms with Crippen LogP contribution >= 0.6 is 12.4 Å². The third-order valence-corrected chi connectivity index (χ3v) is 5.43. The molecule has 0 radical (unpaired) electrons. The van der Waals surface area contributed by atoms with E-state index >= 15 is 0 Å². The first-order valence-electron chi connectivity index (χ1n) is 8.03. The van der Waals surface area contributed by atoms with Crippen LogP contribution in [-0.4, -0.2) is 46.0 Å². The number of nitrogens with one attached hydrogen (secondary N) is 1. The summed E-state index contributed by atoms with van der Waals surface area (Å²) in [6.45, 7) is 2.14. The number of halogens is 1. The summed E-state index contributed by atoms with van der Waals surface area (Å²) in [5, 5.41) is 0. The van der Waals surface area contributed by atoms with Crippen LogP contribution in [0.15, 0.2) is 53.4 Å². The van der Waals surface area contributed by atoms with Gasteiger partial charge in [0.2, 0.25) is 0 Å². The zero-order chi connectivity index (χ0) is 19.3. The molecule has 0 aliphatic carbocycles. The fraction of sp³-hybridized carbons (Fsp3) is 0.278. The maximum Gasteiger partial charge on any atom is 0.262 e. The minimum atomic E-state index is -3.88. The summed E-state index contributed by atoms with van der Waals surface area (Å²) >= 11 is 0. The number of amides is 1. The van der Waals surface area contributed by atoms with E-state index in [1.54, 1.807) is 37.4 Å². The highest BCUT2D eigenvalue weighted by Gasteiger charge is 2.21. The summed E-state index contributed by atoms with van der Waals surface area (Å²) in [6, 6.07) is 12.4. The number of likely N-dealkylation sites (N-methyl/N-ethyl adjacent to an activating group) is 1. The minimum absolute atomic E-state index is 0. The van der Waals surface area contributed by atoms with Crippen molar-refractivity contribution < 1.29 is 17.9 Å². The largest absolute Gasteiger partial charge is 0.495 e. The summed E-state index contributed by atoms with van der Waals surface area (Å²) in [7, 11) is -0.787. The van der Waals surface area contributed by atoms with Crippen LogP contribution in [0.25, 0.3) is 0 Å². The van der Waals surface area contributed by atoms with Crippen molar-refractivity contribution >= 4 is 34.0 Å². The summed E-state index contributed by atoms with van der Waals surface area (Å²) < 4.78 is 33.0. The van der Waals surface area contributed by atoms with Gasteiger partial charge < -0.3 is 15.4 Å². The average molecular weight is 414 g/mol. The lowest BCUT2D eigenvalue weighted by Gasteiger charge is -2.23. The van der Waals surface area contributed by atoms with E-state index in [1.807, 2.05) is 6.92 Å². The van der Waals surface area contributed by atoms with Crippen LogP contribution in [0.2, 0.25) is 0 Å². The second-order valence-corrected chi connectivity index (χ2v) is 7.52. The molecule has 0 saturated carbocycles. The third kappa shape index (κ3) is 5.35. The number of hydrogen-bond acceptors (Lipinski definition) is 5. The highest BCUT2D eigenvalue weighted by molar-refractivity contribution is 7.92. The number of nitrogens with two attached hydrogens (primary N) is 1. The molecule has 148 valence electrons. The highest BCUT2D eigenvalue weighted by Crippen LogP contribution is 2.26. The van der Waals surface area contributed by atoms with Gasteiger partial charge in [0, 0.05) is 25.2 Å². The molecule has 7 nitrogen and oxygen atoms in total. The van der Waals surface area contributed by atoms with Crippen LogP contribution in [0.3, 0.4) is 0 Å². The average Bonchev–Trinajstić information content (AvgIpc) is 2.66. The molecule has 2 aromatic carbocycles. The van der Waals surface area contributed by atoms with Crippen LogP contribution in [0.4, 0.5) is 5.69 Å². The molecule has 0 aromatic heterocycles. The van der Waals surface area contributed by atoms with Gasteiger partial charge in [-0.2, -0.15) is 0 Å². The smallest absolute Gasteiger partial charge is 0.262 e. The normalized spacial score (nSPS) is 11.9. The molecular weight excluding hydrogens is 390 g/mol. The number of benzene rings is 2. The number of para-hydroxylation sites is 2. The molecule has 0 aliphatic rings. The Labute approximate surface area is 166 Å². The van der Waals surface area contributed by atoms with E-state index in [-0.39, 0.29) is 34.8 Å². The second kappa shape index (κ2) is 9.59. The van der Waals surface area contributed by atoms with Gasteiger partial charge in [-0.15, -0.1) is 12.4 Å². The molecule has 0 fully saturated rings. The molecule has 1 atom stereocenters. The van der Waals surface area contributed by atoms with E-state index in [4.69, 9.17) is 10.5 Å². The van der Waals surface area contributed by atoms with Crippen LogP contribution < -0.4 is 15.2 Å². The van der Waals surface area contributed by atoms with Crippen molar-refractivity contribution in [3.05, 3.63) is 54.1 Å². The van der Waals surface area contributed by atoms with Gasteiger partial charge in [-0.3, -0.25) is 9.52 Å². The Bertz CT molecular complexity index is 890. The maximum absolute atomic E-state index is 12.7. The van der Waals surface area contributed by atoms with Gasteiger partial charge in [0.25, 0.3) is 15.9 Å². The Kier molecular flexibility index (Phi) is 8.08. The summed E-state index contributed by atoms with van der Waals surface area (Å²) in [5.74, 6) is 0.108. The fourth-order valence-electron chi connectivity index (χ4n) is 2.29. The van der Waals surface area contributed by atoms with Gasteiger partial charge in [0.15, 0.2) is 0 Å². The molecule has 2 rings (SSSR count). The van der Waals surface area contributed by atoms with Crippen molar-refractivity contribution in [2.45, 2.75) is 17.9 Å². The number of hydrogen-bond donors (Lipinski definition) is 2. The lowest BCUT2D eigenvalue weighted by atomic mass is 10.2. The molecule has 9 heteroatoms. The first-order valence-corrected chi connectivity index (χ1v) is 9.51. The lowest BCUT2D eigenvalue weighted by Crippen LogP contribution is -2.39. The standard InChI is InChI=1S/C18H23N3O4S.ClH/c1-13(12-19)21(2)18(22)14-7-6-8-15(11-14)26(23,24)20-16-9-4-5-10-17(16)25-3;/h4-11,13,20H,12,19H2,1-3H3;1H. The number of anilines is 1. The Morgan fingerprint density at radius 1 is 1.22 bits per heavy atom. The molecule has 27 heavy (non-hydrogen) atoms. The summed E-state index contributed by atoms with van der Waals surface area (Å²) in [5.41, 5.74) is 6.18. The Balaban J connectivity index is 0.00000364. The molecule has 0 spiro atoms. The van der Waals surface area contributed by atoms with Gasteiger partial charge in [-0.05, 0) is 37.3 Å². The number of carbonyl (C=O) groups is 1. The first kappa shape index (κ1) is 22.8. The molecule has 1 amide bonds. The predicted octanol–water partition coefficient (Wildman–Crippen LogP) is 2.34. The zero-order valence-corrected chi connectivity index (χ0v) is 17.0. The second-order valence-electron chi connectivity index (χ2n) is 5.83. The van der Waals surface area contributed by atoms with E-state index in [9.17, 15) is 13.2 Å². The van der Waals surface area contributed by atoms with Crippen molar-refractivity contribution in [1.29, 1.82) is 0 Å². The number of ether oxygens (including phenoxy) is 1. The van der Waals surface area contributed by atoms with Gasteiger partial charge in [0.1, 0.15) is 5.75 Å². The number of nitrogens with zero attached hydrogens (tertiary/aromatic N) is 1. The Hall–Kier alpha value is -2.29. The molecule has 1 unspecified atom stereocenters. The van der Waals surface area contributed by atoms with Gasteiger partial charge >= 0.3 is 0 Å². The quantitative estimate of drug-likeness (QED) is 0.725. The first-order chi connectivity index (χ1) is 12.3. The van der Waals surface area contributed by atoms with Crippen molar-refractivity contribution in [2.24, 2.45) is 5.73 Å². The fourth-order valence-corrected chi connectivity index (χ4v) is 3.41. The molecule has 0 saturated heterocycles. The summed E-state index contributed by atoms with van der Waals surface area (Å²) in [6.07, 6.45) is 0. The van der Waals surface area contributed by atoms with Gasteiger partial charge in [-0.25, -0.2) is 8.42 Å². The van der Waals surface area contributed by atoms with Crippen LogP contribution in [0, 0.1) is 0 Å². The number of methoxy groups -OCH3 is 1. The predicted molar refractivity (Wildman–Crippen MR) is 108 cm³/mol. The van der Waals surface area contributed by atoms with Crippen LogP contribution in [0.5, 0.6) is 5.75 Å². The van der Waals surface area contributed by atoms with Crippen molar-refractivity contribution in [1.82, 2.24) is 4.90 Å². The SMILES string of the molecule is COc1ccccc1NS(=O)(=O)c1cccc(C(=O)N(C)C(C)CN)c1.Cl. The van der Waals surface area contributed by atoms with Crippen molar-refractivity contribution in [3.8, 4) is 5.75 Å². The van der Waals surface area contributed by atoms with Gasteiger partial charge in [0.05, 0.1) is 17.7 Å². The highest BCUT2D eigenvalue weighted by atomic mass is 35.5. The van der Waals surface area contributed by atoms with E-state index in [1.165, 1.54) is 30.2 Å². The van der Waals surface area contributed by atoms with E-state index in [2.05, 4.69) is 4.72 Å². The maximum atomic E-state index is 12.7. The number of sulfonamides is 1. The zero-order valence-electron chi connectivity index (χ0n) is 15.4. The van der Waals surface area contributed by atoms with E-state index in [0.29, 0.717) is 18.0 Å². The number of rotatable bonds is 7. The lowest BCUT2D eigenvalue weighted by molar-refractivity contribution is 0.0748. The molecule has 0 bridgehead atoms. The topological polar surface area (TPSA) is 102 Å². The molecule has 0 aliphatic heterocycles.